The normalized spacial score (nSPS) is 19.0. The highest BCUT2D eigenvalue weighted by atomic mass is 35.5. The van der Waals surface area contributed by atoms with Gasteiger partial charge >= 0.3 is 0 Å². The lowest BCUT2D eigenvalue weighted by Crippen LogP contribution is -2.32. The maximum atomic E-state index is 6.00. The third-order valence-corrected chi connectivity index (χ3v) is 3.83. The lowest BCUT2D eigenvalue weighted by Gasteiger charge is -2.20. The molecule has 0 amide bonds. The molecule has 3 heteroatoms. The monoisotopic (exact) mass is 252 g/mol. The Kier molecular flexibility index (Phi) is 4.43. The summed E-state index contributed by atoms with van der Waals surface area (Å²) in [7, 11) is 0. The van der Waals surface area contributed by atoms with Gasteiger partial charge in [-0.1, -0.05) is 30.7 Å². The van der Waals surface area contributed by atoms with Gasteiger partial charge in [0.1, 0.15) is 0 Å². The number of hydrogen-bond acceptors (Lipinski definition) is 2. The molecule has 1 saturated carbocycles. The van der Waals surface area contributed by atoms with Crippen LogP contribution in [0.25, 0.3) is 0 Å². The van der Waals surface area contributed by atoms with Crippen LogP contribution in [0.4, 0.5) is 0 Å². The van der Waals surface area contributed by atoms with E-state index in [1.54, 1.807) is 0 Å². The molecule has 94 valence electrons. The molecule has 2 nitrogen and oxygen atoms in total. The molecule has 0 aromatic heterocycles. The van der Waals surface area contributed by atoms with Crippen molar-refractivity contribution in [1.29, 1.82) is 0 Å². The van der Waals surface area contributed by atoms with E-state index < -0.39 is 0 Å². The minimum absolute atomic E-state index is 0.217. The molecule has 0 saturated heterocycles. The standard InChI is InChI=1S/C14H21ClN2/c1-10(11-5-6-11)9-17-14(8-16)12-3-2-4-13(15)7-12/h2-4,7,10-11,14,17H,5-6,8-9,16H2,1H3. The van der Waals surface area contributed by atoms with Gasteiger partial charge < -0.3 is 11.1 Å². The van der Waals surface area contributed by atoms with Gasteiger partial charge in [-0.25, -0.2) is 0 Å². The minimum Gasteiger partial charge on any atom is -0.329 e. The molecular formula is C14H21ClN2. The molecule has 2 atom stereocenters. The second-order valence-corrected chi connectivity index (χ2v) is 5.50. The quantitative estimate of drug-likeness (QED) is 0.817. The lowest BCUT2D eigenvalue weighted by atomic mass is 10.0. The lowest BCUT2D eigenvalue weighted by molar-refractivity contribution is 0.423. The third-order valence-electron chi connectivity index (χ3n) is 3.60. The van der Waals surface area contributed by atoms with E-state index in [2.05, 4.69) is 18.3 Å². The largest absolute Gasteiger partial charge is 0.329 e. The fourth-order valence-corrected chi connectivity index (χ4v) is 2.42. The van der Waals surface area contributed by atoms with Crippen molar-refractivity contribution in [3.05, 3.63) is 34.9 Å². The van der Waals surface area contributed by atoms with Gasteiger partial charge in [0.05, 0.1) is 0 Å². The molecule has 1 aliphatic rings. The molecule has 0 heterocycles. The molecule has 17 heavy (non-hydrogen) atoms. The summed E-state index contributed by atoms with van der Waals surface area (Å²) in [6, 6.07) is 8.17. The Labute approximate surface area is 109 Å². The van der Waals surface area contributed by atoms with E-state index in [0.717, 1.165) is 23.4 Å². The van der Waals surface area contributed by atoms with E-state index in [1.165, 1.54) is 18.4 Å². The fraction of sp³-hybridized carbons (Fsp3) is 0.571. The molecule has 2 unspecified atom stereocenters. The van der Waals surface area contributed by atoms with Crippen molar-refractivity contribution >= 4 is 11.6 Å². The van der Waals surface area contributed by atoms with Crippen molar-refractivity contribution in [1.82, 2.24) is 5.32 Å². The topological polar surface area (TPSA) is 38.0 Å². The first-order valence-electron chi connectivity index (χ1n) is 6.39. The first-order chi connectivity index (χ1) is 8.20. The fourth-order valence-electron chi connectivity index (χ4n) is 2.22. The first-order valence-corrected chi connectivity index (χ1v) is 6.77. The van der Waals surface area contributed by atoms with Gasteiger partial charge in [0.2, 0.25) is 0 Å². The predicted molar refractivity (Wildman–Crippen MR) is 73.1 cm³/mol. The summed E-state index contributed by atoms with van der Waals surface area (Å²) in [6.45, 7) is 3.97. The number of nitrogens with one attached hydrogen (secondary N) is 1. The molecule has 1 aliphatic carbocycles. The van der Waals surface area contributed by atoms with E-state index >= 15 is 0 Å². The Balaban J connectivity index is 1.91. The van der Waals surface area contributed by atoms with Crippen molar-refractivity contribution < 1.29 is 0 Å². The molecule has 0 bridgehead atoms. The first kappa shape index (κ1) is 12.9. The SMILES string of the molecule is CC(CNC(CN)c1cccc(Cl)c1)C1CC1. The Morgan fingerprint density at radius 2 is 2.24 bits per heavy atom. The zero-order chi connectivity index (χ0) is 12.3. The second-order valence-electron chi connectivity index (χ2n) is 5.07. The van der Waals surface area contributed by atoms with Crippen molar-refractivity contribution in [2.45, 2.75) is 25.8 Å². The van der Waals surface area contributed by atoms with Gasteiger partial charge in [0, 0.05) is 17.6 Å². The summed E-state index contributed by atoms with van der Waals surface area (Å²) in [4.78, 5) is 0. The molecule has 0 spiro atoms. The Morgan fingerprint density at radius 3 is 2.82 bits per heavy atom. The van der Waals surface area contributed by atoms with Crippen LogP contribution in [0.3, 0.4) is 0 Å². The molecule has 1 aromatic carbocycles. The van der Waals surface area contributed by atoms with Crippen LogP contribution in [-0.2, 0) is 0 Å². The minimum atomic E-state index is 0.217. The van der Waals surface area contributed by atoms with Gasteiger partial charge in [-0.15, -0.1) is 0 Å². The summed E-state index contributed by atoms with van der Waals surface area (Å²) in [5, 5.41) is 4.33. The van der Waals surface area contributed by atoms with E-state index in [9.17, 15) is 0 Å². The van der Waals surface area contributed by atoms with E-state index in [4.69, 9.17) is 17.3 Å². The van der Waals surface area contributed by atoms with Crippen LogP contribution in [-0.4, -0.2) is 13.1 Å². The number of halogens is 1. The van der Waals surface area contributed by atoms with Crippen molar-refractivity contribution in [3.8, 4) is 0 Å². The van der Waals surface area contributed by atoms with Gasteiger partial charge in [0.15, 0.2) is 0 Å². The molecule has 2 rings (SSSR count). The van der Waals surface area contributed by atoms with Crippen LogP contribution in [0.2, 0.25) is 5.02 Å². The molecular weight excluding hydrogens is 232 g/mol. The molecule has 1 aromatic rings. The highest BCUT2D eigenvalue weighted by Gasteiger charge is 2.27. The molecule has 0 aliphatic heterocycles. The maximum absolute atomic E-state index is 6.00. The van der Waals surface area contributed by atoms with Crippen LogP contribution in [0.1, 0.15) is 31.4 Å². The average molecular weight is 253 g/mol. The smallest absolute Gasteiger partial charge is 0.0445 e. The van der Waals surface area contributed by atoms with E-state index in [1.807, 2.05) is 18.2 Å². The van der Waals surface area contributed by atoms with Gasteiger partial charge in [-0.3, -0.25) is 0 Å². The number of rotatable bonds is 6. The summed E-state index contributed by atoms with van der Waals surface area (Å²) < 4.78 is 0. The van der Waals surface area contributed by atoms with Gasteiger partial charge in [0.25, 0.3) is 0 Å². The summed E-state index contributed by atoms with van der Waals surface area (Å²) in [5.74, 6) is 1.68. The Morgan fingerprint density at radius 1 is 1.47 bits per heavy atom. The van der Waals surface area contributed by atoms with E-state index in [0.29, 0.717) is 6.54 Å². The van der Waals surface area contributed by atoms with Crippen LogP contribution in [0, 0.1) is 11.8 Å². The Hall–Kier alpha value is -0.570. The average Bonchev–Trinajstić information content (AvgIpc) is 3.13. The summed E-state index contributed by atoms with van der Waals surface area (Å²) >= 11 is 6.00. The third kappa shape index (κ3) is 3.70. The molecule has 3 N–H and O–H groups in total. The highest BCUT2D eigenvalue weighted by molar-refractivity contribution is 6.30. The summed E-state index contributed by atoms with van der Waals surface area (Å²) in [5.41, 5.74) is 7.01. The zero-order valence-corrected chi connectivity index (χ0v) is 11.1. The van der Waals surface area contributed by atoms with Crippen molar-refractivity contribution in [2.24, 2.45) is 17.6 Å². The van der Waals surface area contributed by atoms with Gasteiger partial charge in [-0.2, -0.15) is 0 Å². The van der Waals surface area contributed by atoms with Crippen LogP contribution < -0.4 is 11.1 Å². The number of benzene rings is 1. The number of hydrogen-bond donors (Lipinski definition) is 2. The van der Waals surface area contributed by atoms with Crippen LogP contribution in [0.5, 0.6) is 0 Å². The summed E-state index contributed by atoms with van der Waals surface area (Å²) in [6.07, 6.45) is 2.79. The van der Waals surface area contributed by atoms with Crippen molar-refractivity contribution in [3.63, 3.8) is 0 Å². The molecule has 1 fully saturated rings. The highest BCUT2D eigenvalue weighted by Crippen LogP contribution is 2.36. The van der Waals surface area contributed by atoms with Crippen LogP contribution in [0.15, 0.2) is 24.3 Å². The Bertz CT molecular complexity index is 363. The maximum Gasteiger partial charge on any atom is 0.0445 e. The molecule has 0 radical (unpaired) electrons. The zero-order valence-electron chi connectivity index (χ0n) is 10.3. The number of nitrogens with two attached hydrogens (primary N) is 1. The van der Waals surface area contributed by atoms with E-state index in [-0.39, 0.29) is 6.04 Å². The predicted octanol–water partition coefficient (Wildman–Crippen LogP) is 2.98. The van der Waals surface area contributed by atoms with Crippen LogP contribution >= 0.6 is 11.6 Å². The van der Waals surface area contributed by atoms with Gasteiger partial charge in [-0.05, 0) is 48.9 Å². The van der Waals surface area contributed by atoms with Crippen molar-refractivity contribution in [2.75, 3.05) is 13.1 Å². The second kappa shape index (κ2) is 5.85.